The number of hydrogen-bond acceptors (Lipinski definition) is 5. The molecule has 0 aliphatic carbocycles. The maximum atomic E-state index is 12.6. The first kappa shape index (κ1) is 18.3. The van der Waals surface area contributed by atoms with Gasteiger partial charge >= 0.3 is 0 Å². The van der Waals surface area contributed by atoms with E-state index in [1.54, 1.807) is 24.3 Å². The first-order valence-electron chi connectivity index (χ1n) is 8.72. The van der Waals surface area contributed by atoms with E-state index in [1.165, 1.54) is 4.31 Å². The van der Waals surface area contributed by atoms with E-state index in [0.717, 1.165) is 31.5 Å². The van der Waals surface area contributed by atoms with Crippen molar-refractivity contribution in [1.82, 2.24) is 14.9 Å². The summed E-state index contributed by atoms with van der Waals surface area (Å²) in [6.45, 7) is 3.81. The van der Waals surface area contributed by atoms with Gasteiger partial charge in [0.1, 0.15) is 0 Å². The number of piperidine rings is 1. The van der Waals surface area contributed by atoms with E-state index in [9.17, 15) is 13.2 Å². The summed E-state index contributed by atoms with van der Waals surface area (Å²) < 4.78 is 31.8. The molecule has 3 rings (SSSR count). The third kappa shape index (κ3) is 4.58. The molecule has 0 bridgehead atoms. The van der Waals surface area contributed by atoms with Crippen molar-refractivity contribution in [3.63, 3.8) is 0 Å². The summed E-state index contributed by atoms with van der Waals surface area (Å²) in [7, 11) is -3.47. The SMILES string of the molecule is O=C(NCc1ccc(S(=O)(=O)N2CCOCC2)cc1)C1CCNCC1. The quantitative estimate of drug-likeness (QED) is 0.783. The highest BCUT2D eigenvalue weighted by atomic mass is 32.2. The minimum Gasteiger partial charge on any atom is -0.379 e. The van der Waals surface area contributed by atoms with Crippen LogP contribution in [0.4, 0.5) is 0 Å². The number of carbonyl (C=O) groups excluding carboxylic acids is 1. The van der Waals surface area contributed by atoms with E-state index >= 15 is 0 Å². The number of nitrogens with zero attached hydrogens (tertiary/aromatic N) is 1. The zero-order valence-electron chi connectivity index (χ0n) is 14.2. The fourth-order valence-electron chi connectivity index (χ4n) is 3.13. The molecule has 7 nitrogen and oxygen atoms in total. The van der Waals surface area contributed by atoms with Crippen LogP contribution in [0.25, 0.3) is 0 Å². The molecule has 8 heteroatoms. The smallest absolute Gasteiger partial charge is 0.243 e. The Morgan fingerprint density at radius 3 is 2.44 bits per heavy atom. The van der Waals surface area contributed by atoms with E-state index in [0.29, 0.717) is 32.8 Å². The van der Waals surface area contributed by atoms with E-state index in [4.69, 9.17) is 4.74 Å². The standard InChI is InChI=1S/C17H25N3O4S/c21-17(15-5-7-18-8-6-15)19-13-14-1-3-16(4-2-14)25(22,23)20-9-11-24-12-10-20/h1-4,15,18H,5-13H2,(H,19,21). The second-order valence-corrected chi connectivity index (χ2v) is 8.34. The molecule has 138 valence electrons. The number of amides is 1. The molecule has 0 unspecified atom stereocenters. The highest BCUT2D eigenvalue weighted by Gasteiger charge is 2.26. The zero-order chi connectivity index (χ0) is 17.7. The largest absolute Gasteiger partial charge is 0.379 e. The number of rotatable bonds is 5. The third-order valence-corrected chi connectivity index (χ3v) is 6.62. The Kier molecular flexibility index (Phi) is 6.06. The van der Waals surface area contributed by atoms with Crippen LogP contribution in [0.5, 0.6) is 0 Å². The summed E-state index contributed by atoms with van der Waals surface area (Å²) in [4.78, 5) is 12.4. The lowest BCUT2D eigenvalue weighted by atomic mass is 9.97. The van der Waals surface area contributed by atoms with Gasteiger partial charge in [-0.15, -0.1) is 0 Å². The number of nitrogens with one attached hydrogen (secondary N) is 2. The van der Waals surface area contributed by atoms with Gasteiger partial charge in [0.2, 0.25) is 15.9 Å². The highest BCUT2D eigenvalue weighted by molar-refractivity contribution is 7.89. The second kappa shape index (κ2) is 8.27. The first-order valence-corrected chi connectivity index (χ1v) is 10.2. The van der Waals surface area contributed by atoms with Crippen LogP contribution in [0.1, 0.15) is 18.4 Å². The van der Waals surface area contributed by atoms with Crippen LogP contribution in [-0.2, 0) is 26.1 Å². The Morgan fingerprint density at radius 1 is 1.16 bits per heavy atom. The van der Waals surface area contributed by atoms with Crippen molar-refractivity contribution in [3.8, 4) is 0 Å². The molecular formula is C17H25N3O4S. The van der Waals surface area contributed by atoms with Crippen molar-refractivity contribution in [2.45, 2.75) is 24.3 Å². The molecule has 0 atom stereocenters. The number of morpholine rings is 1. The topological polar surface area (TPSA) is 87.7 Å². The number of hydrogen-bond donors (Lipinski definition) is 2. The highest BCUT2D eigenvalue weighted by Crippen LogP contribution is 2.18. The maximum Gasteiger partial charge on any atom is 0.243 e. The van der Waals surface area contributed by atoms with Crippen molar-refractivity contribution < 1.29 is 17.9 Å². The molecule has 2 aliphatic heterocycles. The van der Waals surface area contributed by atoms with Crippen molar-refractivity contribution in [3.05, 3.63) is 29.8 Å². The lowest BCUT2D eigenvalue weighted by Crippen LogP contribution is -2.40. The van der Waals surface area contributed by atoms with Gasteiger partial charge in [-0.3, -0.25) is 4.79 Å². The fourth-order valence-corrected chi connectivity index (χ4v) is 4.54. The van der Waals surface area contributed by atoms with Crippen LogP contribution in [0, 0.1) is 5.92 Å². The van der Waals surface area contributed by atoms with Gasteiger partial charge in [0.25, 0.3) is 0 Å². The Morgan fingerprint density at radius 2 is 1.80 bits per heavy atom. The molecule has 2 N–H and O–H groups in total. The Labute approximate surface area is 148 Å². The van der Waals surface area contributed by atoms with Crippen LogP contribution >= 0.6 is 0 Å². The minimum atomic E-state index is -3.47. The lowest BCUT2D eigenvalue weighted by Gasteiger charge is -2.26. The van der Waals surface area contributed by atoms with E-state index in [2.05, 4.69) is 10.6 Å². The van der Waals surface area contributed by atoms with Gasteiger partial charge < -0.3 is 15.4 Å². The molecule has 0 spiro atoms. The molecule has 1 aromatic carbocycles. The third-order valence-electron chi connectivity index (χ3n) is 4.71. The van der Waals surface area contributed by atoms with Crippen molar-refractivity contribution in [2.75, 3.05) is 39.4 Å². The maximum absolute atomic E-state index is 12.6. The van der Waals surface area contributed by atoms with Gasteiger partial charge in [-0.2, -0.15) is 4.31 Å². The molecule has 25 heavy (non-hydrogen) atoms. The van der Waals surface area contributed by atoms with Crippen molar-refractivity contribution in [1.29, 1.82) is 0 Å². The summed E-state index contributed by atoms with van der Waals surface area (Å²) in [5, 5.41) is 6.19. The van der Waals surface area contributed by atoms with Gasteiger partial charge in [0, 0.05) is 25.6 Å². The number of carbonyl (C=O) groups is 1. The molecule has 2 aliphatic rings. The first-order chi connectivity index (χ1) is 12.1. The molecule has 2 fully saturated rings. The van der Waals surface area contributed by atoms with Gasteiger partial charge in [0.15, 0.2) is 0 Å². The van der Waals surface area contributed by atoms with Crippen molar-refractivity contribution >= 4 is 15.9 Å². The normalized spacial score (nSPS) is 20.3. The van der Waals surface area contributed by atoms with Crippen LogP contribution in [0.2, 0.25) is 0 Å². The zero-order valence-corrected chi connectivity index (χ0v) is 15.1. The molecule has 0 radical (unpaired) electrons. The van der Waals surface area contributed by atoms with Crippen LogP contribution in [-0.4, -0.2) is 58.0 Å². The molecule has 1 amide bonds. The Hall–Kier alpha value is -1.48. The Balaban J connectivity index is 1.57. The average molecular weight is 367 g/mol. The van der Waals surface area contributed by atoms with E-state index < -0.39 is 10.0 Å². The van der Waals surface area contributed by atoms with Crippen molar-refractivity contribution in [2.24, 2.45) is 5.92 Å². The lowest BCUT2D eigenvalue weighted by molar-refractivity contribution is -0.125. The molecule has 2 saturated heterocycles. The van der Waals surface area contributed by atoms with Gasteiger partial charge in [-0.1, -0.05) is 12.1 Å². The summed E-state index contributed by atoms with van der Waals surface area (Å²) in [5.41, 5.74) is 0.892. The van der Waals surface area contributed by atoms with Crippen LogP contribution < -0.4 is 10.6 Å². The molecule has 1 aromatic rings. The monoisotopic (exact) mass is 367 g/mol. The predicted octanol–water partition coefficient (Wildman–Crippen LogP) is 0.323. The predicted molar refractivity (Wildman–Crippen MR) is 93.5 cm³/mol. The van der Waals surface area contributed by atoms with Crippen LogP contribution in [0.3, 0.4) is 0 Å². The number of ether oxygens (including phenoxy) is 1. The summed E-state index contributed by atoms with van der Waals surface area (Å²) >= 11 is 0. The van der Waals surface area contributed by atoms with Gasteiger partial charge in [-0.05, 0) is 43.6 Å². The average Bonchev–Trinajstić information content (AvgIpc) is 2.68. The second-order valence-electron chi connectivity index (χ2n) is 6.40. The van der Waals surface area contributed by atoms with E-state index in [-0.39, 0.29) is 16.7 Å². The summed E-state index contributed by atoms with van der Waals surface area (Å²) in [6.07, 6.45) is 1.73. The Bertz CT molecular complexity index is 678. The van der Waals surface area contributed by atoms with Gasteiger partial charge in [-0.25, -0.2) is 8.42 Å². The van der Waals surface area contributed by atoms with Gasteiger partial charge in [0.05, 0.1) is 18.1 Å². The number of benzene rings is 1. The molecule has 0 aromatic heterocycles. The number of sulfonamides is 1. The minimum absolute atomic E-state index is 0.0715. The van der Waals surface area contributed by atoms with E-state index in [1.807, 2.05) is 0 Å². The summed E-state index contributed by atoms with van der Waals surface area (Å²) in [5.74, 6) is 0.147. The fraction of sp³-hybridized carbons (Fsp3) is 0.588. The molecular weight excluding hydrogens is 342 g/mol. The van der Waals surface area contributed by atoms with Crippen LogP contribution in [0.15, 0.2) is 29.2 Å². The molecule has 2 heterocycles. The molecule has 0 saturated carbocycles. The summed E-state index contributed by atoms with van der Waals surface area (Å²) in [6, 6.07) is 6.74.